The standard InChI is InChI=1S/C26H31N3O7S/c1-17-20-15-19(9-10-22(20)35-23(17)24(30)31)37(33,34)27-16-18-7-5-6-8-21(18)28-11-13-29(14-12-28)25(32)36-26(2,3)4/h5-10,15,27H,11-14,16H2,1-4H3,(H,30,31). The second-order valence-electron chi connectivity index (χ2n) is 9.93. The van der Waals surface area contributed by atoms with E-state index in [2.05, 4.69) is 9.62 Å². The average Bonchev–Trinajstić information content (AvgIpc) is 3.18. The molecule has 2 heterocycles. The maximum atomic E-state index is 13.1. The number of nitrogens with one attached hydrogen (secondary N) is 1. The number of ether oxygens (including phenoxy) is 1. The second-order valence-corrected chi connectivity index (χ2v) is 11.7. The number of aromatic carboxylic acids is 1. The number of piperazine rings is 1. The van der Waals surface area contributed by atoms with Crippen molar-refractivity contribution in [1.29, 1.82) is 0 Å². The molecule has 1 aliphatic heterocycles. The van der Waals surface area contributed by atoms with Crippen molar-refractivity contribution in [2.45, 2.75) is 44.7 Å². The number of carboxylic acids is 1. The summed E-state index contributed by atoms with van der Waals surface area (Å²) < 4.78 is 39.6. The molecule has 3 aromatic rings. The van der Waals surface area contributed by atoms with Gasteiger partial charge < -0.3 is 24.1 Å². The van der Waals surface area contributed by atoms with Gasteiger partial charge in [-0.15, -0.1) is 0 Å². The first kappa shape index (κ1) is 26.5. The lowest BCUT2D eigenvalue weighted by Crippen LogP contribution is -2.50. The smallest absolute Gasteiger partial charge is 0.410 e. The number of carbonyl (C=O) groups is 2. The van der Waals surface area contributed by atoms with Crippen molar-refractivity contribution < 1.29 is 32.3 Å². The van der Waals surface area contributed by atoms with Crippen LogP contribution in [0.5, 0.6) is 0 Å². The molecule has 1 saturated heterocycles. The Kier molecular flexibility index (Phi) is 7.20. The van der Waals surface area contributed by atoms with E-state index >= 15 is 0 Å². The monoisotopic (exact) mass is 529 g/mol. The first-order valence-electron chi connectivity index (χ1n) is 11.9. The summed E-state index contributed by atoms with van der Waals surface area (Å²) >= 11 is 0. The predicted molar refractivity (Wildman–Crippen MR) is 138 cm³/mol. The number of rotatable bonds is 6. The van der Waals surface area contributed by atoms with E-state index in [0.29, 0.717) is 42.7 Å². The number of sulfonamides is 1. The van der Waals surface area contributed by atoms with Gasteiger partial charge in [0.1, 0.15) is 11.2 Å². The molecule has 11 heteroatoms. The third-order valence-electron chi connectivity index (χ3n) is 6.13. The number of hydrogen-bond donors (Lipinski definition) is 2. The molecule has 1 aliphatic rings. The zero-order valence-corrected chi connectivity index (χ0v) is 22.1. The van der Waals surface area contributed by atoms with Crippen LogP contribution in [-0.4, -0.2) is 62.3 Å². The Morgan fingerprint density at radius 1 is 1.08 bits per heavy atom. The van der Waals surface area contributed by atoms with Crippen LogP contribution in [0.25, 0.3) is 11.0 Å². The van der Waals surface area contributed by atoms with Crippen LogP contribution in [0.3, 0.4) is 0 Å². The highest BCUT2D eigenvalue weighted by Crippen LogP contribution is 2.28. The van der Waals surface area contributed by atoms with Crippen molar-refractivity contribution in [3.63, 3.8) is 0 Å². The summed E-state index contributed by atoms with van der Waals surface area (Å²) in [7, 11) is -3.89. The van der Waals surface area contributed by atoms with E-state index < -0.39 is 21.6 Å². The number of amides is 1. The largest absolute Gasteiger partial charge is 0.475 e. The number of nitrogens with zero attached hydrogens (tertiary/aromatic N) is 2. The Hall–Kier alpha value is -3.57. The zero-order valence-electron chi connectivity index (χ0n) is 21.3. The highest BCUT2D eigenvalue weighted by molar-refractivity contribution is 7.89. The summed E-state index contributed by atoms with van der Waals surface area (Å²) in [6.45, 7) is 9.32. The van der Waals surface area contributed by atoms with Gasteiger partial charge in [-0.25, -0.2) is 22.7 Å². The summed E-state index contributed by atoms with van der Waals surface area (Å²) in [6.07, 6.45) is -0.339. The molecule has 37 heavy (non-hydrogen) atoms. The number of carboxylic acid groups (broad SMARTS) is 1. The third-order valence-corrected chi connectivity index (χ3v) is 7.53. The van der Waals surface area contributed by atoms with E-state index in [0.717, 1.165) is 11.3 Å². The van der Waals surface area contributed by atoms with Gasteiger partial charge in [-0.3, -0.25) is 0 Å². The zero-order chi connectivity index (χ0) is 27.0. The van der Waals surface area contributed by atoms with Gasteiger partial charge in [0.05, 0.1) is 4.90 Å². The molecule has 2 aromatic carbocycles. The van der Waals surface area contributed by atoms with Crippen molar-refractivity contribution in [2.75, 3.05) is 31.1 Å². The van der Waals surface area contributed by atoms with E-state index in [1.807, 2.05) is 45.0 Å². The van der Waals surface area contributed by atoms with Crippen LogP contribution in [-0.2, 0) is 21.3 Å². The molecule has 0 radical (unpaired) electrons. The van der Waals surface area contributed by atoms with Crippen LogP contribution in [0, 0.1) is 6.92 Å². The second kappa shape index (κ2) is 10.1. The van der Waals surface area contributed by atoms with E-state index in [-0.39, 0.29) is 23.3 Å². The van der Waals surface area contributed by atoms with Gasteiger partial charge >= 0.3 is 12.1 Å². The van der Waals surface area contributed by atoms with Crippen LogP contribution in [0.4, 0.5) is 10.5 Å². The van der Waals surface area contributed by atoms with E-state index in [9.17, 15) is 23.1 Å². The summed E-state index contributed by atoms with van der Waals surface area (Å²) in [6, 6.07) is 11.8. The van der Waals surface area contributed by atoms with Gasteiger partial charge in [0, 0.05) is 49.4 Å². The summed E-state index contributed by atoms with van der Waals surface area (Å²) in [5.41, 5.74) is 1.81. The van der Waals surface area contributed by atoms with Crippen LogP contribution < -0.4 is 9.62 Å². The summed E-state index contributed by atoms with van der Waals surface area (Å²) in [4.78, 5) is 27.5. The molecule has 1 aromatic heterocycles. The fraction of sp³-hybridized carbons (Fsp3) is 0.385. The molecule has 4 rings (SSSR count). The third kappa shape index (κ3) is 5.89. The first-order valence-corrected chi connectivity index (χ1v) is 13.4. The fourth-order valence-electron chi connectivity index (χ4n) is 4.25. The minimum Gasteiger partial charge on any atom is -0.475 e. The molecule has 0 bridgehead atoms. The van der Waals surface area contributed by atoms with Gasteiger partial charge in [0.15, 0.2) is 0 Å². The van der Waals surface area contributed by atoms with E-state index in [4.69, 9.17) is 9.15 Å². The molecule has 2 N–H and O–H groups in total. The normalized spacial score (nSPS) is 14.7. The van der Waals surface area contributed by atoms with Gasteiger partial charge in [0.25, 0.3) is 0 Å². The molecular formula is C26H31N3O7S. The highest BCUT2D eigenvalue weighted by Gasteiger charge is 2.27. The number of fused-ring (bicyclic) bond motifs is 1. The van der Waals surface area contributed by atoms with Crippen molar-refractivity contribution in [3.8, 4) is 0 Å². The number of carbonyl (C=O) groups excluding carboxylic acids is 1. The topological polar surface area (TPSA) is 129 Å². The molecule has 0 saturated carbocycles. The Balaban J connectivity index is 1.46. The molecule has 198 valence electrons. The molecule has 1 amide bonds. The highest BCUT2D eigenvalue weighted by atomic mass is 32.2. The Bertz CT molecular complexity index is 1430. The van der Waals surface area contributed by atoms with Gasteiger partial charge in [-0.1, -0.05) is 18.2 Å². The van der Waals surface area contributed by atoms with Crippen molar-refractivity contribution in [3.05, 3.63) is 59.4 Å². The Morgan fingerprint density at radius 2 is 1.76 bits per heavy atom. The lowest BCUT2D eigenvalue weighted by molar-refractivity contribution is 0.0240. The van der Waals surface area contributed by atoms with Crippen molar-refractivity contribution >= 4 is 38.7 Å². The van der Waals surface area contributed by atoms with Gasteiger partial charge in [0.2, 0.25) is 15.8 Å². The summed E-state index contributed by atoms with van der Waals surface area (Å²) in [5, 5.41) is 9.71. The lowest BCUT2D eigenvalue weighted by Gasteiger charge is -2.37. The molecule has 0 atom stereocenters. The van der Waals surface area contributed by atoms with Crippen molar-refractivity contribution in [1.82, 2.24) is 9.62 Å². The number of anilines is 1. The Labute approximate surface area is 215 Å². The maximum Gasteiger partial charge on any atom is 0.410 e. The summed E-state index contributed by atoms with van der Waals surface area (Å²) in [5.74, 6) is -1.42. The van der Waals surface area contributed by atoms with Crippen LogP contribution in [0.2, 0.25) is 0 Å². The molecule has 1 fully saturated rings. The van der Waals surface area contributed by atoms with Gasteiger partial charge in [-0.2, -0.15) is 0 Å². The molecular weight excluding hydrogens is 498 g/mol. The molecule has 10 nitrogen and oxygen atoms in total. The average molecular weight is 530 g/mol. The Morgan fingerprint density at radius 3 is 2.41 bits per heavy atom. The molecule has 0 aliphatic carbocycles. The first-order chi connectivity index (χ1) is 17.4. The van der Waals surface area contributed by atoms with Crippen LogP contribution >= 0.6 is 0 Å². The maximum absolute atomic E-state index is 13.1. The van der Waals surface area contributed by atoms with Crippen molar-refractivity contribution in [2.24, 2.45) is 0 Å². The number of hydrogen-bond acceptors (Lipinski definition) is 7. The predicted octanol–water partition coefficient (Wildman–Crippen LogP) is 3.98. The fourth-order valence-corrected chi connectivity index (χ4v) is 5.28. The minimum absolute atomic E-state index is 0.0179. The molecule has 0 spiro atoms. The SMILES string of the molecule is Cc1c(C(=O)O)oc2ccc(S(=O)(=O)NCc3ccccc3N3CCN(C(=O)OC(C)(C)C)CC3)cc12. The number of furan rings is 1. The lowest BCUT2D eigenvalue weighted by atomic mass is 10.1. The molecule has 0 unspecified atom stereocenters. The van der Waals surface area contributed by atoms with Crippen LogP contribution in [0.15, 0.2) is 51.8 Å². The number of aryl methyl sites for hydroxylation is 1. The van der Waals surface area contributed by atoms with Crippen LogP contribution in [0.1, 0.15) is 42.5 Å². The van der Waals surface area contributed by atoms with E-state index in [1.165, 1.54) is 18.2 Å². The van der Waals surface area contributed by atoms with E-state index in [1.54, 1.807) is 11.8 Å². The minimum atomic E-state index is -3.89. The number of benzene rings is 2. The number of para-hydroxylation sites is 1. The van der Waals surface area contributed by atoms with Gasteiger partial charge in [-0.05, 0) is 57.5 Å². The quantitative estimate of drug-likeness (QED) is 0.491.